The fourth-order valence-electron chi connectivity index (χ4n) is 3.13. The number of benzene rings is 2. The Morgan fingerprint density at radius 2 is 1.87 bits per heavy atom. The highest BCUT2D eigenvalue weighted by atomic mass is 35.5. The number of amides is 1. The number of nitrogens with zero attached hydrogens (tertiary/aromatic N) is 2. The van der Waals surface area contributed by atoms with Crippen molar-refractivity contribution in [3.05, 3.63) is 88.8 Å². The van der Waals surface area contributed by atoms with Gasteiger partial charge in [-0.15, -0.1) is 0 Å². The number of carbonyl (C=O) groups excluding carboxylic acids is 2. The lowest BCUT2D eigenvalue weighted by Gasteiger charge is -2.19. The highest BCUT2D eigenvalue weighted by Gasteiger charge is 2.35. The minimum atomic E-state index is -0.668. The van der Waals surface area contributed by atoms with E-state index in [-0.39, 0.29) is 11.3 Å². The van der Waals surface area contributed by atoms with Crippen LogP contribution >= 0.6 is 11.6 Å². The third kappa shape index (κ3) is 4.21. The molecule has 0 unspecified atom stereocenters. The van der Waals surface area contributed by atoms with E-state index in [9.17, 15) is 14.7 Å². The Labute approximate surface area is 177 Å². The molecule has 1 amide bonds. The number of hydrogen-bond acceptors (Lipinski definition) is 6. The first kappa shape index (κ1) is 19.7. The zero-order valence-electron chi connectivity index (χ0n) is 15.7. The highest BCUT2D eigenvalue weighted by molar-refractivity contribution is 6.30. The van der Waals surface area contributed by atoms with Crippen molar-refractivity contribution in [3.8, 4) is 5.75 Å². The minimum Gasteiger partial charge on any atom is -0.508 e. The number of halogens is 1. The summed E-state index contributed by atoms with van der Waals surface area (Å²) in [6.07, 6.45) is 1.98. The van der Waals surface area contributed by atoms with Gasteiger partial charge in [0.15, 0.2) is 6.61 Å². The van der Waals surface area contributed by atoms with Crippen LogP contribution in [0.15, 0.2) is 76.4 Å². The number of ether oxygens (including phenoxy) is 1. The average molecular weight is 425 g/mol. The van der Waals surface area contributed by atoms with E-state index in [1.54, 1.807) is 24.3 Å². The molecular weight excluding hydrogens is 408 g/mol. The Bertz CT molecular complexity index is 1080. The SMILES string of the molecule is O=C(OCC(=O)N1N=C(c2ccc(Cl)cc2)C[C@H]1c1ccco1)c1ccc(O)cc1. The number of phenolic OH excluding ortho intramolecular Hbond substituents is 1. The first-order valence-corrected chi connectivity index (χ1v) is 9.54. The molecule has 0 spiro atoms. The predicted molar refractivity (Wildman–Crippen MR) is 109 cm³/mol. The van der Waals surface area contributed by atoms with E-state index in [1.165, 1.54) is 35.5 Å². The number of furan rings is 1. The Balaban J connectivity index is 1.50. The van der Waals surface area contributed by atoms with E-state index in [4.69, 9.17) is 20.8 Å². The maximum absolute atomic E-state index is 12.8. The van der Waals surface area contributed by atoms with Gasteiger partial charge in [0.25, 0.3) is 5.91 Å². The first-order valence-electron chi connectivity index (χ1n) is 9.16. The molecule has 2 aromatic carbocycles. The molecule has 4 rings (SSSR count). The Hall–Kier alpha value is -3.58. The van der Waals surface area contributed by atoms with Gasteiger partial charge in [0.2, 0.25) is 0 Å². The van der Waals surface area contributed by atoms with Crippen LogP contribution in [-0.4, -0.2) is 34.3 Å². The van der Waals surface area contributed by atoms with Crippen molar-refractivity contribution >= 4 is 29.2 Å². The second-order valence-corrected chi connectivity index (χ2v) is 7.09. The zero-order valence-corrected chi connectivity index (χ0v) is 16.5. The molecule has 30 heavy (non-hydrogen) atoms. The summed E-state index contributed by atoms with van der Waals surface area (Å²) >= 11 is 5.96. The second-order valence-electron chi connectivity index (χ2n) is 6.65. The summed E-state index contributed by atoms with van der Waals surface area (Å²) in [7, 11) is 0. The van der Waals surface area contributed by atoms with E-state index in [0.29, 0.717) is 22.9 Å². The van der Waals surface area contributed by atoms with Crippen LogP contribution in [0.3, 0.4) is 0 Å². The van der Waals surface area contributed by atoms with Crippen LogP contribution in [0.2, 0.25) is 5.02 Å². The second kappa shape index (κ2) is 8.42. The maximum Gasteiger partial charge on any atom is 0.338 e. The van der Waals surface area contributed by atoms with E-state index < -0.39 is 24.5 Å². The molecule has 1 aliphatic rings. The molecular formula is C22H17ClN2O5. The Morgan fingerprint density at radius 1 is 1.13 bits per heavy atom. The number of carbonyl (C=O) groups is 2. The van der Waals surface area contributed by atoms with Gasteiger partial charge >= 0.3 is 5.97 Å². The molecule has 152 valence electrons. The molecule has 1 aromatic heterocycles. The first-order chi connectivity index (χ1) is 14.5. The fraction of sp³-hybridized carbons (Fsp3) is 0.136. The molecule has 3 aromatic rings. The molecule has 0 fully saturated rings. The smallest absolute Gasteiger partial charge is 0.338 e. The number of phenols is 1. The van der Waals surface area contributed by atoms with Crippen LogP contribution in [0, 0.1) is 0 Å². The molecule has 1 atom stereocenters. The van der Waals surface area contributed by atoms with Gasteiger partial charge in [-0.2, -0.15) is 5.10 Å². The molecule has 7 nitrogen and oxygen atoms in total. The lowest BCUT2D eigenvalue weighted by molar-refractivity contribution is -0.136. The third-order valence-electron chi connectivity index (χ3n) is 4.64. The van der Waals surface area contributed by atoms with Gasteiger partial charge < -0.3 is 14.3 Å². The number of hydrazone groups is 1. The number of rotatable bonds is 5. The maximum atomic E-state index is 12.8. The molecule has 0 aliphatic carbocycles. The normalized spacial score (nSPS) is 15.7. The largest absolute Gasteiger partial charge is 0.508 e. The van der Waals surface area contributed by atoms with Crippen LogP contribution in [0.1, 0.15) is 34.1 Å². The van der Waals surface area contributed by atoms with Crippen molar-refractivity contribution in [2.45, 2.75) is 12.5 Å². The predicted octanol–water partition coefficient (Wildman–Crippen LogP) is 4.17. The standard InChI is InChI=1S/C22H17ClN2O5/c23-16-7-3-14(4-8-16)18-12-19(20-2-1-11-29-20)25(24-18)21(27)13-30-22(28)15-5-9-17(26)10-6-15/h1-11,19,26H,12-13H2/t19-/m0/s1. The van der Waals surface area contributed by atoms with Crippen molar-refractivity contribution in [1.82, 2.24) is 5.01 Å². The van der Waals surface area contributed by atoms with Crippen LogP contribution in [-0.2, 0) is 9.53 Å². The summed E-state index contributed by atoms with van der Waals surface area (Å²) in [4.78, 5) is 25.0. The van der Waals surface area contributed by atoms with Gasteiger partial charge in [-0.25, -0.2) is 9.80 Å². The Kier molecular flexibility index (Phi) is 5.54. The summed E-state index contributed by atoms with van der Waals surface area (Å²) in [6, 6.07) is 15.8. The summed E-state index contributed by atoms with van der Waals surface area (Å²) < 4.78 is 10.6. The number of esters is 1. The average Bonchev–Trinajstić information content (AvgIpc) is 3.43. The van der Waals surface area contributed by atoms with Crippen molar-refractivity contribution in [1.29, 1.82) is 0 Å². The van der Waals surface area contributed by atoms with Gasteiger partial charge in [0, 0.05) is 11.4 Å². The van der Waals surface area contributed by atoms with E-state index >= 15 is 0 Å². The number of hydrogen-bond donors (Lipinski definition) is 1. The molecule has 0 radical (unpaired) electrons. The topological polar surface area (TPSA) is 92.3 Å². The van der Waals surface area contributed by atoms with Crippen molar-refractivity contribution < 1.29 is 23.8 Å². The monoisotopic (exact) mass is 424 g/mol. The van der Waals surface area contributed by atoms with E-state index in [2.05, 4.69) is 5.10 Å². The van der Waals surface area contributed by atoms with Crippen LogP contribution in [0.5, 0.6) is 5.75 Å². The molecule has 8 heteroatoms. The molecule has 1 aliphatic heterocycles. The summed E-state index contributed by atoms with van der Waals surface area (Å²) in [5.74, 6) is -0.530. The van der Waals surface area contributed by atoms with Crippen molar-refractivity contribution in [2.24, 2.45) is 5.10 Å². The summed E-state index contributed by atoms with van der Waals surface area (Å²) in [5, 5.41) is 15.7. The van der Waals surface area contributed by atoms with Crippen LogP contribution < -0.4 is 0 Å². The van der Waals surface area contributed by atoms with Crippen LogP contribution in [0.4, 0.5) is 0 Å². The summed E-state index contributed by atoms with van der Waals surface area (Å²) in [6.45, 7) is -0.478. The van der Waals surface area contributed by atoms with Crippen molar-refractivity contribution in [3.63, 3.8) is 0 Å². The lowest BCUT2D eigenvalue weighted by Crippen LogP contribution is -2.31. The molecule has 0 saturated carbocycles. The zero-order chi connectivity index (χ0) is 21.1. The highest BCUT2D eigenvalue weighted by Crippen LogP contribution is 2.33. The molecule has 0 saturated heterocycles. The van der Waals surface area contributed by atoms with Gasteiger partial charge in [-0.1, -0.05) is 23.7 Å². The Morgan fingerprint density at radius 3 is 2.53 bits per heavy atom. The lowest BCUT2D eigenvalue weighted by atomic mass is 10.0. The molecule has 0 bridgehead atoms. The fourth-order valence-corrected chi connectivity index (χ4v) is 3.26. The quantitative estimate of drug-likeness (QED) is 0.620. The summed E-state index contributed by atoms with van der Waals surface area (Å²) in [5.41, 5.74) is 1.77. The van der Waals surface area contributed by atoms with Crippen molar-refractivity contribution in [2.75, 3.05) is 6.61 Å². The van der Waals surface area contributed by atoms with E-state index in [1.807, 2.05) is 12.1 Å². The van der Waals surface area contributed by atoms with Gasteiger partial charge in [0.1, 0.15) is 17.6 Å². The van der Waals surface area contributed by atoms with E-state index in [0.717, 1.165) is 5.56 Å². The van der Waals surface area contributed by atoms with Gasteiger partial charge in [-0.3, -0.25) is 4.79 Å². The number of aromatic hydroxyl groups is 1. The van der Waals surface area contributed by atoms with Gasteiger partial charge in [-0.05, 0) is 54.1 Å². The van der Waals surface area contributed by atoms with Gasteiger partial charge in [0.05, 0.1) is 17.5 Å². The molecule has 1 N–H and O–H groups in total. The molecule has 2 heterocycles. The van der Waals surface area contributed by atoms with Crippen LogP contribution in [0.25, 0.3) is 0 Å². The minimum absolute atomic E-state index is 0.0325. The third-order valence-corrected chi connectivity index (χ3v) is 4.90.